The van der Waals surface area contributed by atoms with Gasteiger partial charge in [-0.25, -0.2) is 9.59 Å². The van der Waals surface area contributed by atoms with Gasteiger partial charge in [-0.1, -0.05) is 0 Å². The number of aryl methyl sites for hydroxylation is 2. The number of anilines is 2. The molecule has 0 aliphatic carbocycles. The second kappa shape index (κ2) is 10.6. The third-order valence-corrected chi connectivity index (χ3v) is 5.94. The number of rotatable bonds is 7. The van der Waals surface area contributed by atoms with Crippen LogP contribution in [0.15, 0.2) is 36.4 Å². The third kappa shape index (κ3) is 5.04. The lowest BCUT2D eigenvalue weighted by atomic mass is 10.0. The zero-order valence-corrected chi connectivity index (χ0v) is 21.5. The van der Waals surface area contributed by atoms with Crippen molar-refractivity contribution in [3.8, 4) is 23.0 Å². The maximum absolute atomic E-state index is 13.0. The summed E-state index contributed by atoms with van der Waals surface area (Å²) in [5.41, 5.74) is 4.68. The number of hydrogen-bond acceptors (Lipinski definition) is 7. The molecular weight excluding hydrogens is 478 g/mol. The second-order valence-corrected chi connectivity index (χ2v) is 8.23. The van der Waals surface area contributed by atoms with Crippen LogP contribution in [0, 0.1) is 13.8 Å². The number of carbonyl (C=O) groups excluding carboxylic acids is 2. The SMILES string of the molecule is CCOC(=O)Oc1ccc2[nH]c3c(C)cc(NC(=O)Nc4cc(OC)c(OC)c(OC)c4)c(C)c3c2c1. The highest BCUT2D eigenvalue weighted by Gasteiger charge is 2.18. The molecule has 0 spiro atoms. The lowest BCUT2D eigenvalue weighted by Gasteiger charge is -2.16. The zero-order valence-electron chi connectivity index (χ0n) is 21.5. The van der Waals surface area contributed by atoms with Crippen LogP contribution in [0.1, 0.15) is 18.1 Å². The summed E-state index contributed by atoms with van der Waals surface area (Å²) in [5, 5.41) is 7.51. The molecule has 0 saturated carbocycles. The molecule has 2 amide bonds. The number of benzene rings is 3. The number of aromatic nitrogens is 1. The molecule has 1 heterocycles. The third-order valence-electron chi connectivity index (χ3n) is 5.94. The summed E-state index contributed by atoms with van der Waals surface area (Å²) in [4.78, 5) is 28.2. The molecule has 37 heavy (non-hydrogen) atoms. The van der Waals surface area contributed by atoms with E-state index in [0.29, 0.717) is 34.4 Å². The predicted octanol–water partition coefficient (Wildman–Crippen LogP) is 6.14. The number of ether oxygens (including phenoxy) is 5. The van der Waals surface area contributed by atoms with Crippen LogP contribution in [0.5, 0.6) is 23.0 Å². The fraction of sp³-hybridized carbons (Fsp3) is 0.259. The number of aromatic amines is 1. The molecule has 0 aliphatic heterocycles. The fourth-order valence-electron chi connectivity index (χ4n) is 4.26. The number of methoxy groups -OCH3 is 3. The van der Waals surface area contributed by atoms with Gasteiger partial charge in [0, 0.05) is 39.6 Å². The van der Waals surface area contributed by atoms with Gasteiger partial charge in [0.15, 0.2) is 11.5 Å². The molecular formula is C27H29N3O7. The fourth-order valence-corrected chi connectivity index (χ4v) is 4.26. The van der Waals surface area contributed by atoms with Gasteiger partial charge in [-0.15, -0.1) is 0 Å². The van der Waals surface area contributed by atoms with Gasteiger partial charge in [0.25, 0.3) is 0 Å². The minimum absolute atomic E-state index is 0.222. The number of nitrogens with one attached hydrogen (secondary N) is 3. The van der Waals surface area contributed by atoms with Crippen LogP contribution in [-0.4, -0.2) is 45.1 Å². The molecule has 0 radical (unpaired) electrons. The first-order valence-electron chi connectivity index (χ1n) is 11.6. The molecule has 0 aliphatic rings. The Labute approximate surface area is 213 Å². The monoisotopic (exact) mass is 507 g/mol. The average molecular weight is 508 g/mol. The minimum Gasteiger partial charge on any atom is -0.493 e. The van der Waals surface area contributed by atoms with E-state index in [-0.39, 0.29) is 6.61 Å². The highest BCUT2D eigenvalue weighted by molar-refractivity contribution is 6.13. The van der Waals surface area contributed by atoms with Crippen molar-refractivity contribution >= 4 is 45.4 Å². The molecule has 0 atom stereocenters. The lowest BCUT2D eigenvalue weighted by molar-refractivity contribution is 0.104. The number of hydrogen-bond donors (Lipinski definition) is 3. The number of amides is 2. The maximum atomic E-state index is 13.0. The van der Waals surface area contributed by atoms with Crippen molar-refractivity contribution < 1.29 is 33.3 Å². The molecule has 4 rings (SSSR count). The zero-order chi connectivity index (χ0) is 26.7. The predicted molar refractivity (Wildman–Crippen MR) is 142 cm³/mol. The summed E-state index contributed by atoms with van der Waals surface area (Å²) in [7, 11) is 4.53. The first kappa shape index (κ1) is 25.5. The Hall–Kier alpha value is -4.60. The summed E-state index contributed by atoms with van der Waals surface area (Å²) in [6.07, 6.45) is -0.764. The van der Waals surface area contributed by atoms with E-state index in [1.807, 2.05) is 26.0 Å². The van der Waals surface area contributed by atoms with E-state index >= 15 is 0 Å². The van der Waals surface area contributed by atoms with Crippen molar-refractivity contribution in [3.63, 3.8) is 0 Å². The van der Waals surface area contributed by atoms with Gasteiger partial charge in [-0.3, -0.25) is 0 Å². The number of urea groups is 1. The Balaban J connectivity index is 1.66. The molecule has 4 aromatic rings. The first-order valence-corrected chi connectivity index (χ1v) is 11.6. The number of fused-ring (bicyclic) bond motifs is 3. The van der Waals surface area contributed by atoms with Crippen molar-refractivity contribution in [2.75, 3.05) is 38.6 Å². The lowest BCUT2D eigenvalue weighted by Crippen LogP contribution is -2.20. The Kier molecular flexibility index (Phi) is 7.28. The second-order valence-electron chi connectivity index (χ2n) is 8.23. The van der Waals surface area contributed by atoms with E-state index in [9.17, 15) is 9.59 Å². The molecule has 0 fully saturated rings. The summed E-state index contributed by atoms with van der Waals surface area (Å²) >= 11 is 0. The van der Waals surface area contributed by atoms with Crippen LogP contribution in [-0.2, 0) is 4.74 Å². The van der Waals surface area contributed by atoms with Gasteiger partial charge in [0.2, 0.25) is 5.75 Å². The van der Waals surface area contributed by atoms with Gasteiger partial charge in [0.05, 0.1) is 33.6 Å². The van der Waals surface area contributed by atoms with E-state index < -0.39 is 12.2 Å². The van der Waals surface area contributed by atoms with Crippen molar-refractivity contribution in [3.05, 3.63) is 47.5 Å². The highest BCUT2D eigenvalue weighted by Crippen LogP contribution is 2.40. The Morgan fingerprint density at radius 1 is 0.919 bits per heavy atom. The Morgan fingerprint density at radius 2 is 1.62 bits per heavy atom. The molecule has 194 valence electrons. The standard InChI is InChI=1S/C27H29N3O7/c1-7-36-27(32)37-17-8-9-19-18(13-17)23-15(3)20(10-14(2)24(23)29-19)30-26(31)28-16-11-21(33-4)25(35-6)22(12-16)34-5/h8-13,29H,7H2,1-6H3,(H2,28,30,31). The summed E-state index contributed by atoms with van der Waals surface area (Å²) in [6.45, 7) is 5.81. The van der Waals surface area contributed by atoms with Crippen LogP contribution in [0.2, 0.25) is 0 Å². The van der Waals surface area contributed by atoms with E-state index in [2.05, 4.69) is 15.6 Å². The summed E-state index contributed by atoms with van der Waals surface area (Å²) in [5.74, 6) is 1.64. The van der Waals surface area contributed by atoms with Gasteiger partial charge >= 0.3 is 12.2 Å². The average Bonchev–Trinajstić information content (AvgIpc) is 3.26. The van der Waals surface area contributed by atoms with E-state index in [4.69, 9.17) is 23.7 Å². The molecule has 3 N–H and O–H groups in total. The maximum Gasteiger partial charge on any atom is 0.513 e. The topological polar surface area (TPSA) is 120 Å². The van der Waals surface area contributed by atoms with E-state index in [1.165, 1.54) is 21.3 Å². The van der Waals surface area contributed by atoms with Crippen LogP contribution < -0.4 is 29.6 Å². The van der Waals surface area contributed by atoms with Crippen LogP contribution in [0.4, 0.5) is 21.0 Å². The Bertz CT molecular complexity index is 1470. The van der Waals surface area contributed by atoms with Crippen LogP contribution in [0.3, 0.4) is 0 Å². The normalized spacial score (nSPS) is 10.8. The van der Waals surface area contributed by atoms with Crippen molar-refractivity contribution in [2.24, 2.45) is 0 Å². The molecule has 0 unspecified atom stereocenters. The Morgan fingerprint density at radius 3 is 2.24 bits per heavy atom. The largest absolute Gasteiger partial charge is 0.513 e. The highest BCUT2D eigenvalue weighted by atomic mass is 16.7. The number of carbonyl (C=O) groups is 2. The minimum atomic E-state index is -0.764. The van der Waals surface area contributed by atoms with E-state index in [0.717, 1.165) is 32.9 Å². The van der Waals surface area contributed by atoms with E-state index in [1.54, 1.807) is 31.2 Å². The van der Waals surface area contributed by atoms with Crippen molar-refractivity contribution in [1.82, 2.24) is 4.98 Å². The van der Waals surface area contributed by atoms with Gasteiger partial charge in [0.1, 0.15) is 5.75 Å². The van der Waals surface area contributed by atoms with Gasteiger partial charge < -0.3 is 39.3 Å². The molecule has 1 aromatic heterocycles. The molecule has 10 heteroatoms. The molecule has 3 aromatic carbocycles. The summed E-state index contributed by atoms with van der Waals surface area (Å²) in [6, 6.07) is 10.1. The molecule has 10 nitrogen and oxygen atoms in total. The van der Waals surface area contributed by atoms with Gasteiger partial charge in [-0.05, 0) is 56.2 Å². The summed E-state index contributed by atoms with van der Waals surface area (Å²) < 4.78 is 26.2. The number of H-pyrrole nitrogens is 1. The van der Waals surface area contributed by atoms with Crippen molar-refractivity contribution in [1.29, 1.82) is 0 Å². The smallest absolute Gasteiger partial charge is 0.493 e. The molecule has 0 bridgehead atoms. The van der Waals surface area contributed by atoms with Gasteiger partial charge in [-0.2, -0.15) is 0 Å². The van der Waals surface area contributed by atoms with Crippen LogP contribution >= 0.6 is 0 Å². The molecule has 0 saturated heterocycles. The van der Waals surface area contributed by atoms with Crippen molar-refractivity contribution in [2.45, 2.75) is 20.8 Å². The quantitative estimate of drug-likeness (QED) is 0.203. The van der Waals surface area contributed by atoms with Crippen LogP contribution in [0.25, 0.3) is 21.8 Å². The first-order chi connectivity index (χ1) is 17.8.